The summed E-state index contributed by atoms with van der Waals surface area (Å²) in [7, 11) is 1.33. The van der Waals surface area contributed by atoms with E-state index in [1.165, 1.54) is 18.4 Å². The van der Waals surface area contributed by atoms with E-state index in [2.05, 4.69) is 24.3 Å². The number of ether oxygens (including phenoxy) is 1. The highest BCUT2D eigenvalue weighted by atomic mass is 32.1. The van der Waals surface area contributed by atoms with Crippen molar-refractivity contribution in [1.29, 1.82) is 0 Å². The molecule has 3 rings (SSSR count). The van der Waals surface area contributed by atoms with Gasteiger partial charge in [0.15, 0.2) is 0 Å². The standard InChI is InChI=1S/C20H23N3O3S/c1-11(2)10-23-19-15(13(4)22-23)9-17(27-19)18(24)21-16-8-14(20(25)26-5)7-6-12(16)3/h6-9,11H,10H2,1-5H3,(H,21,24). The number of aromatic nitrogens is 2. The van der Waals surface area contributed by atoms with Crippen LogP contribution in [0.5, 0.6) is 0 Å². The normalized spacial score (nSPS) is 11.2. The van der Waals surface area contributed by atoms with Gasteiger partial charge in [0, 0.05) is 17.6 Å². The summed E-state index contributed by atoms with van der Waals surface area (Å²) in [4.78, 5) is 26.1. The first-order valence-electron chi connectivity index (χ1n) is 8.77. The van der Waals surface area contributed by atoms with Gasteiger partial charge in [-0.2, -0.15) is 5.10 Å². The molecule has 2 aromatic heterocycles. The van der Waals surface area contributed by atoms with Gasteiger partial charge in [0.25, 0.3) is 5.91 Å². The molecule has 0 aliphatic carbocycles. The van der Waals surface area contributed by atoms with Gasteiger partial charge in [-0.25, -0.2) is 4.79 Å². The van der Waals surface area contributed by atoms with Gasteiger partial charge in [-0.05, 0) is 43.5 Å². The Hall–Kier alpha value is -2.67. The van der Waals surface area contributed by atoms with Crippen LogP contribution in [0.2, 0.25) is 0 Å². The van der Waals surface area contributed by atoms with Crippen molar-refractivity contribution < 1.29 is 14.3 Å². The second-order valence-electron chi connectivity index (χ2n) is 6.97. The molecular formula is C20H23N3O3S. The van der Waals surface area contributed by atoms with Crippen LogP contribution in [0.3, 0.4) is 0 Å². The van der Waals surface area contributed by atoms with Gasteiger partial charge in [-0.3, -0.25) is 9.48 Å². The first kappa shape index (κ1) is 19.1. The number of carbonyl (C=O) groups is 2. The molecular weight excluding hydrogens is 362 g/mol. The largest absolute Gasteiger partial charge is 0.465 e. The first-order chi connectivity index (χ1) is 12.8. The maximum absolute atomic E-state index is 12.8. The third-order valence-corrected chi connectivity index (χ3v) is 5.42. The Morgan fingerprint density at radius 1 is 1.26 bits per heavy atom. The summed E-state index contributed by atoms with van der Waals surface area (Å²) in [5.74, 6) is -0.163. The molecule has 0 unspecified atom stereocenters. The molecule has 6 nitrogen and oxygen atoms in total. The van der Waals surface area contributed by atoms with E-state index in [4.69, 9.17) is 4.74 Å². The topological polar surface area (TPSA) is 73.2 Å². The number of amides is 1. The molecule has 142 valence electrons. The second kappa shape index (κ2) is 7.52. The lowest BCUT2D eigenvalue weighted by atomic mass is 10.1. The summed E-state index contributed by atoms with van der Waals surface area (Å²) < 4.78 is 6.72. The Morgan fingerprint density at radius 2 is 2.00 bits per heavy atom. The maximum Gasteiger partial charge on any atom is 0.337 e. The van der Waals surface area contributed by atoms with Gasteiger partial charge in [0.05, 0.1) is 23.2 Å². The van der Waals surface area contributed by atoms with Gasteiger partial charge >= 0.3 is 5.97 Å². The average molecular weight is 385 g/mol. The summed E-state index contributed by atoms with van der Waals surface area (Å²) in [6.45, 7) is 8.93. The van der Waals surface area contributed by atoms with Crippen LogP contribution in [0.4, 0.5) is 5.69 Å². The summed E-state index contributed by atoms with van der Waals surface area (Å²) in [5, 5.41) is 8.49. The van der Waals surface area contributed by atoms with Gasteiger partial charge in [-0.15, -0.1) is 11.3 Å². The highest BCUT2D eigenvalue weighted by Crippen LogP contribution is 2.30. The van der Waals surface area contributed by atoms with Gasteiger partial charge < -0.3 is 10.1 Å². The fourth-order valence-electron chi connectivity index (χ4n) is 2.88. The number of esters is 1. The summed E-state index contributed by atoms with van der Waals surface area (Å²) >= 11 is 1.43. The Bertz CT molecular complexity index is 1020. The fourth-order valence-corrected chi connectivity index (χ4v) is 3.95. The maximum atomic E-state index is 12.8. The molecule has 27 heavy (non-hydrogen) atoms. The number of fused-ring (bicyclic) bond motifs is 1. The highest BCUT2D eigenvalue weighted by molar-refractivity contribution is 7.20. The van der Waals surface area contributed by atoms with E-state index < -0.39 is 5.97 Å². The minimum absolute atomic E-state index is 0.197. The molecule has 0 aliphatic rings. The van der Waals surface area contributed by atoms with Crippen molar-refractivity contribution in [3.05, 3.63) is 46.0 Å². The molecule has 1 N–H and O–H groups in total. The summed E-state index contributed by atoms with van der Waals surface area (Å²) in [6, 6.07) is 6.99. The van der Waals surface area contributed by atoms with Crippen molar-refractivity contribution in [2.24, 2.45) is 5.92 Å². The van der Waals surface area contributed by atoms with E-state index in [1.54, 1.807) is 18.2 Å². The Balaban J connectivity index is 1.90. The van der Waals surface area contributed by atoms with E-state index in [0.29, 0.717) is 22.0 Å². The van der Waals surface area contributed by atoms with Crippen LogP contribution in [0.25, 0.3) is 10.2 Å². The Kier molecular flexibility index (Phi) is 5.32. The number of rotatable bonds is 5. The van der Waals surface area contributed by atoms with Crippen molar-refractivity contribution in [3.63, 3.8) is 0 Å². The van der Waals surface area contributed by atoms with Crippen LogP contribution in [-0.4, -0.2) is 28.8 Å². The fraction of sp³-hybridized carbons (Fsp3) is 0.350. The Labute approximate surface area is 162 Å². The zero-order valence-electron chi connectivity index (χ0n) is 16.1. The smallest absolute Gasteiger partial charge is 0.337 e. The van der Waals surface area contributed by atoms with Crippen LogP contribution in [0, 0.1) is 19.8 Å². The van der Waals surface area contributed by atoms with Crippen molar-refractivity contribution in [1.82, 2.24) is 9.78 Å². The van der Waals surface area contributed by atoms with Gasteiger partial charge in [-0.1, -0.05) is 19.9 Å². The molecule has 0 atom stereocenters. The third kappa shape index (κ3) is 3.88. The molecule has 1 amide bonds. The molecule has 0 spiro atoms. The second-order valence-corrected chi connectivity index (χ2v) is 8.00. The minimum Gasteiger partial charge on any atom is -0.465 e. The monoisotopic (exact) mass is 385 g/mol. The van der Waals surface area contributed by atoms with Gasteiger partial charge in [0.1, 0.15) is 4.83 Å². The summed E-state index contributed by atoms with van der Waals surface area (Å²) in [6.07, 6.45) is 0. The molecule has 0 saturated carbocycles. The SMILES string of the molecule is COC(=O)c1ccc(C)c(NC(=O)c2cc3c(C)nn(CC(C)C)c3s2)c1. The van der Waals surface area contributed by atoms with Crippen LogP contribution in [0.15, 0.2) is 24.3 Å². The van der Waals surface area contributed by atoms with Crippen molar-refractivity contribution >= 4 is 39.1 Å². The number of aryl methyl sites for hydroxylation is 2. The lowest BCUT2D eigenvalue weighted by Crippen LogP contribution is -2.12. The van der Waals surface area contributed by atoms with Crippen LogP contribution < -0.4 is 5.32 Å². The number of benzene rings is 1. The van der Waals surface area contributed by atoms with E-state index in [9.17, 15) is 9.59 Å². The van der Waals surface area contributed by atoms with Crippen molar-refractivity contribution in [2.75, 3.05) is 12.4 Å². The van der Waals surface area contributed by atoms with E-state index in [1.807, 2.05) is 24.6 Å². The number of thiophene rings is 1. The number of hydrogen-bond donors (Lipinski definition) is 1. The molecule has 0 aliphatic heterocycles. The van der Waals surface area contributed by atoms with E-state index in [-0.39, 0.29) is 5.91 Å². The molecule has 0 fully saturated rings. The predicted molar refractivity (Wildman–Crippen MR) is 108 cm³/mol. The molecule has 2 heterocycles. The quantitative estimate of drug-likeness (QED) is 0.660. The van der Waals surface area contributed by atoms with E-state index >= 15 is 0 Å². The van der Waals surface area contributed by atoms with Crippen LogP contribution >= 0.6 is 11.3 Å². The van der Waals surface area contributed by atoms with Crippen molar-refractivity contribution in [3.8, 4) is 0 Å². The lowest BCUT2D eigenvalue weighted by Gasteiger charge is -2.09. The molecule has 0 radical (unpaired) electrons. The number of anilines is 1. The number of nitrogens with one attached hydrogen (secondary N) is 1. The zero-order valence-corrected chi connectivity index (χ0v) is 16.9. The number of carbonyl (C=O) groups excluding carboxylic acids is 2. The van der Waals surface area contributed by atoms with Crippen molar-refractivity contribution in [2.45, 2.75) is 34.2 Å². The molecule has 0 bridgehead atoms. The average Bonchev–Trinajstić information content (AvgIpc) is 3.17. The predicted octanol–water partition coefficient (Wildman–Crippen LogP) is 4.41. The lowest BCUT2D eigenvalue weighted by molar-refractivity contribution is 0.0600. The zero-order chi connectivity index (χ0) is 19.7. The van der Waals surface area contributed by atoms with E-state index in [0.717, 1.165) is 28.0 Å². The molecule has 0 saturated heterocycles. The number of nitrogens with zero attached hydrogens (tertiary/aromatic N) is 2. The number of hydrogen-bond acceptors (Lipinski definition) is 5. The molecule has 3 aromatic rings. The third-order valence-electron chi connectivity index (χ3n) is 4.28. The van der Waals surface area contributed by atoms with Crippen LogP contribution in [0.1, 0.15) is 45.1 Å². The molecule has 7 heteroatoms. The highest BCUT2D eigenvalue weighted by Gasteiger charge is 2.18. The Morgan fingerprint density at radius 3 is 2.67 bits per heavy atom. The number of methoxy groups -OCH3 is 1. The summed E-state index contributed by atoms with van der Waals surface area (Å²) in [5.41, 5.74) is 2.79. The molecule has 1 aromatic carbocycles. The first-order valence-corrected chi connectivity index (χ1v) is 9.59. The van der Waals surface area contributed by atoms with Crippen LogP contribution in [-0.2, 0) is 11.3 Å². The van der Waals surface area contributed by atoms with Gasteiger partial charge in [0.2, 0.25) is 0 Å². The minimum atomic E-state index is -0.434.